The molecule has 1 unspecified atom stereocenters. The van der Waals surface area contributed by atoms with Crippen molar-refractivity contribution in [1.82, 2.24) is 4.72 Å². The van der Waals surface area contributed by atoms with Gasteiger partial charge in [0.15, 0.2) is 5.78 Å². The van der Waals surface area contributed by atoms with Crippen molar-refractivity contribution in [3.63, 3.8) is 0 Å². The van der Waals surface area contributed by atoms with E-state index in [4.69, 9.17) is 5.11 Å². The highest BCUT2D eigenvalue weighted by Crippen LogP contribution is 2.12. The van der Waals surface area contributed by atoms with Crippen LogP contribution in [-0.2, 0) is 10.0 Å². The van der Waals surface area contributed by atoms with Crippen molar-refractivity contribution in [3.05, 3.63) is 29.8 Å². The molecule has 0 aliphatic heterocycles. The van der Waals surface area contributed by atoms with E-state index < -0.39 is 16.1 Å². The maximum absolute atomic E-state index is 11.9. The van der Waals surface area contributed by atoms with E-state index in [1.165, 1.54) is 25.1 Å². The van der Waals surface area contributed by atoms with Crippen LogP contribution in [0.2, 0.25) is 0 Å². The molecule has 0 aliphatic carbocycles. The number of Topliss-reactive ketones (excluding diaryl/α,β-unsaturated/α-hetero) is 1. The molecule has 1 rings (SSSR count). The summed E-state index contributed by atoms with van der Waals surface area (Å²) in [5.41, 5.74) is 0.373. The van der Waals surface area contributed by atoms with Crippen LogP contribution >= 0.6 is 0 Å². The molecule has 5 nitrogen and oxygen atoms in total. The molecule has 0 fully saturated rings. The van der Waals surface area contributed by atoms with Crippen molar-refractivity contribution < 1.29 is 18.3 Å². The van der Waals surface area contributed by atoms with Crippen LogP contribution in [0.4, 0.5) is 0 Å². The minimum absolute atomic E-state index is 0.0300. The normalized spacial score (nSPS) is 13.3. The van der Waals surface area contributed by atoms with Gasteiger partial charge in [0.2, 0.25) is 10.0 Å². The summed E-state index contributed by atoms with van der Waals surface area (Å²) in [6.45, 7) is 3.14. The third-order valence-corrected chi connectivity index (χ3v) is 3.78. The molecule has 0 heterocycles. The Labute approximate surface area is 107 Å². The fourth-order valence-corrected chi connectivity index (χ4v) is 2.52. The molecule has 1 aromatic rings. The van der Waals surface area contributed by atoms with Crippen LogP contribution in [0.25, 0.3) is 0 Å². The van der Waals surface area contributed by atoms with Gasteiger partial charge in [-0.3, -0.25) is 4.79 Å². The highest BCUT2D eigenvalue weighted by molar-refractivity contribution is 7.89. The Bertz CT molecular complexity index is 523. The SMILES string of the molecule is CCC(=O)c1cccc(S(=O)(=O)NCC(C)O)c1. The van der Waals surface area contributed by atoms with Gasteiger partial charge in [0.1, 0.15) is 0 Å². The summed E-state index contributed by atoms with van der Waals surface area (Å²) in [4.78, 5) is 11.5. The summed E-state index contributed by atoms with van der Waals surface area (Å²) in [6.07, 6.45) is -0.440. The minimum atomic E-state index is -3.68. The standard InChI is InChI=1S/C12H17NO4S/c1-3-12(15)10-5-4-6-11(7-10)18(16,17)13-8-9(2)14/h4-7,9,13-14H,3,8H2,1-2H3. The van der Waals surface area contributed by atoms with Crippen molar-refractivity contribution in [2.24, 2.45) is 0 Å². The van der Waals surface area contributed by atoms with Crippen LogP contribution < -0.4 is 4.72 Å². The van der Waals surface area contributed by atoms with Crippen LogP contribution in [0.1, 0.15) is 30.6 Å². The van der Waals surface area contributed by atoms with Crippen LogP contribution in [0, 0.1) is 0 Å². The van der Waals surface area contributed by atoms with Gasteiger partial charge in [-0.1, -0.05) is 19.1 Å². The van der Waals surface area contributed by atoms with Crippen LogP contribution in [0.5, 0.6) is 0 Å². The van der Waals surface area contributed by atoms with Crippen molar-refractivity contribution in [1.29, 1.82) is 0 Å². The molecule has 6 heteroatoms. The number of aliphatic hydroxyl groups excluding tert-OH is 1. The van der Waals surface area contributed by atoms with Crippen molar-refractivity contribution in [2.75, 3.05) is 6.54 Å². The maximum Gasteiger partial charge on any atom is 0.240 e. The Balaban J connectivity index is 2.99. The van der Waals surface area contributed by atoms with Gasteiger partial charge in [0, 0.05) is 18.5 Å². The number of carbonyl (C=O) groups is 1. The summed E-state index contributed by atoms with van der Waals surface area (Å²) in [6, 6.07) is 5.87. The van der Waals surface area contributed by atoms with Crippen LogP contribution in [0.15, 0.2) is 29.2 Å². The molecule has 0 amide bonds. The average molecular weight is 271 g/mol. The Morgan fingerprint density at radius 3 is 2.67 bits per heavy atom. The molecular weight excluding hydrogens is 254 g/mol. The molecule has 0 bridgehead atoms. The molecule has 0 radical (unpaired) electrons. The lowest BCUT2D eigenvalue weighted by Gasteiger charge is -2.09. The molecule has 0 aliphatic rings. The van der Waals surface area contributed by atoms with E-state index in [1.54, 1.807) is 13.0 Å². The van der Waals surface area contributed by atoms with Gasteiger partial charge in [-0.25, -0.2) is 13.1 Å². The topological polar surface area (TPSA) is 83.5 Å². The smallest absolute Gasteiger partial charge is 0.240 e. The molecule has 0 spiro atoms. The average Bonchev–Trinajstić information content (AvgIpc) is 2.35. The van der Waals surface area contributed by atoms with Gasteiger partial charge in [-0.05, 0) is 19.1 Å². The number of ketones is 1. The Kier molecular flexibility index (Phi) is 5.01. The van der Waals surface area contributed by atoms with Gasteiger partial charge in [-0.2, -0.15) is 0 Å². The lowest BCUT2D eigenvalue weighted by molar-refractivity contribution is 0.0988. The number of carbonyl (C=O) groups excluding carboxylic acids is 1. The first-order valence-electron chi connectivity index (χ1n) is 5.68. The van der Waals surface area contributed by atoms with Crippen molar-refractivity contribution in [3.8, 4) is 0 Å². The fourth-order valence-electron chi connectivity index (χ4n) is 1.35. The van der Waals surface area contributed by atoms with E-state index in [-0.39, 0.29) is 17.2 Å². The molecular formula is C12H17NO4S. The van der Waals surface area contributed by atoms with Crippen LogP contribution in [0.3, 0.4) is 0 Å². The predicted octanol–water partition coefficient (Wildman–Crippen LogP) is 0.938. The first-order chi connectivity index (χ1) is 8.36. The van der Waals surface area contributed by atoms with E-state index in [2.05, 4.69) is 4.72 Å². The monoisotopic (exact) mass is 271 g/mol. The van der Waals surface area contributed by atoms with E-state index in [0.29, 0.717) is 12.0 Å². The highest BCUT2D eigenvalue weighted by Gasteiger charge is 2.16. The van der Waals surface area contributed by atoms with Crippen molar-refractivity contribution in [2.45, 2.75) is 31.3 Å². The number of hydrogen-bond acceptors (Lipinski definition) is 4. The lowest BCUT2D eigenvalue weighted by Crippen LogP contribution is -2.30. The third-order valence-electron chi connectivity index (χ3n) is 2.36. The summed E-state index contributed by atoms with van der Waals surface area (Å²) in [7, 11) is -3.68. The number of sulfonamides is 1. The first-order valence-corrected chi connectivity index (χ1v) is 7.16. The molecule has 1 atom stereocenters. The largest absolute Gasteiger partial charge is 0.392 e. The molecule has 0 saturated carbocycles. The highest BCUT2D eigenvalue weighted by atomic mass is 32.2. The van der Waals surface area contributed by atoms with Gasteiger partial charge in [0.25, 0.3) is 0 Å². The van der Waals surface area contributed by atoms with E-state index in [0.717, 1.165) is 0 Å². The molecule has 0 saturated heterocycles. The van der Waals surface area contributed by atoms with Crippen LogP contribution in [-0.4, -0.2) is 32.0 Å². The number of hydrogen-bond donors (Lipinski definition) is 2. The maximum atomic E-state index is 11.9. The van der Waals surface area contributed by atoms with Gasteiger partial charge in [-0.15, -0.1) is 0 Å². The summed E-state index contributed by atoms with van der Waals surface area (Å²) in [5, 5.41) is 9.06. The quantitative estimate of drug-likeness (QED) is 0.754. The number of nitrogens with one attached hydrogen (secondary N) is 1. The van der Waals surface area contributed by atoms with E-state index in [9.17, 15) is 13.2 Å². The second-order valence-electron chi connectivity index (χ2n) is 4.01. The summed E-state index contributed by atoms with van der Waals surface area (Å²) in [5.74, 6) is -0.109. The fraction of sp³-hybridized carbons (Fsp3) is 0.417. The number of rotatable bonds is 6. The molecule has 2 N–H and O–H groups in total. The zero-order valence-corrected chi connectivity index (χ0v) is 11.2. The molecule has 100 valence electrons. The van der Waals surface area contributed by atoms with Gasteiger partial charge < -0.3 is 5.11 Å². The van der Waals surface area contributed by atoms with Crippen molar-refractivity contribution >= 4 is 15.8 Å². The first kappa shape index (κ1) is 14.8. The second kappa shape index (κ2) is 6.08. The number of benzene rings is 1. The molecule has 18 heavy (non-hydrogen) atoms. The second-order valence-corrected chi connectivity index (χ2v) is 5.77. The van der Waals surface area contributed by atoms with E-state index in [1.807, 2.05) is 0 Å². The Morgan fingerprint density at radius 1 is 1.44 bits per heavy atom. The van der Waals surface area contributed by atoms with E-state index >= 15 is 0 Å². The number of aliphatic hydroxyl groups is 1. The summed E-state index contributed by atoms with van der Waals surface area (Å²) >= 11 is 0. The lowest BCUT2D eigenvalue weighted by atomic mass is 10.1. The Morgan fingerprint density at radius 2 is 2.11 bits per heavy atom. The summed E-state index contributed by atoms with van der Waals surface area (Å²) < 4.78 is 26.0. The zero-order valence-electron chi connectivity index (χ0n) is 10.4. The Hall–Kier alpha value is -1.24. The molecule has 1 aromatic carbocycles. The van der Waals surface area contributed by atoms with Gasteiger partial charge >= 0.3 is 0 Å². The zero-order chi connectivity index (χ0) is 13.8. The predicted molar refractivity (Wildman–Crippen MR) is 67.9 cm³/mol. The third kappa shape index (κ3) is 3.90. The molecule has 0 aromatic heterocycles. The minimum Gasteiger partial charge on any atom is -0.392 e. The van der Waals surface area contributed by atoms with Gasteiger partial charge in [0.05, 0.1) is 11.0 Å².